The topological polar surface area (TPSA) is 59.1 Å². The highest BCUT2D eigenvalue weighted by Gasteiger charge is 2.15. The summed E-state index contributed by atoms with van der Waals surface area (Å²) in [4.78, 5) is 5.49. The van der Waals surface area contributed by atoms with Crippen molar-refractivity contribution in [2.24, 2.45) is 0 Å². The maximum atomic E-state index is 11.5. The molecule has 1 heterocycles. The van der Waals surface area contributed by atoms with Gasteiger partial charge in [0.15, 0.2) is 0 Å². The lowest BCUT2D eigenvalue weighted by atomic mass is 10.1. The average molecular weight is 304 g/mol. The van der Waals surface area contributed by atoms with Gasteiger partial charge in [-0.1, -0.05) is 13.8 Å². The van der Waals surface area contributed by atoms with Crippen LogP contribution in [0.2, 0.25) is 0 Å². The number of hydrogen-bond acceptors (Lipinski definition) is 5. The van der Waals surface area contributed by atoms with E-state index in [-0.39, 0.29) is 17.5 Å². The lowest BCUT2D eigenvalue weighted by Gasteiger charge is -2.16. The number of sulfone groups is 1. The van der Waals surface area contributed by atoms with Gasteiger partial charge in [0, 0.05) is 22.9 Å². The predicted octanol–water partition coefficient (Wildman–Crippen LogP) is 2.71. The Morgan fingerprint density at radius 1 is 1.42 bits per heavy atom. The van der Waals surface area contributed by atoms with Crippen molar-refractivity contribution in [3.63, 3.8) is 0 Å². The molecule has 1 rings (SSSR count). The highest BCUT2D eigenvalue weighted by atomic mass is 32.2. The average Bonchev–Trinajstić information content (AvgIpc) is 2.80. The Hall–Kier alpha value is -0.460. The first-order valence-electron chi connectivity index (χ1n) is 6.84. The van der Waals surface area contributed by atoms with Gasteiger partial charge >= 0.3 is 0 Å². The molecule has 19 heavy (non-hydrogen) atoms. The minimum Gasteiger partial charge on any atom is -0.309 e. The zero-order chi connectivity index (χ0) is 14.3. The number of rotatable bonds is 9. The molecule has 0 saturated heterocycles. The van der Waals surface area contributed by atoms with Crippen molar-refractivity contribution < 1.29 is 8.42 Å². The standard InChI is InChI=1S/C13H24N2O2S2/c1-4-8-14-12(13-10-15-11(3)18-13)7-6-9-19(16,17)5-2/h10,12,14H,4-9H2,1-3H3. The largest absolute Gasteiger partial charge is 0.309 e. The second kappa shape index (κ2) is 7.97. The first-order chi connectivity index (χ1) is 8.98. The van der Waals surface area contributed by atoms with E-state index in [1.54, 1.807) is 18.3 Å². The fourth-order valence-corrected chi connectivity index (χ4v) is 3.64. The molecule has 1 aromatic heterocycles. The van der Waals surface area contributed by atoms with Gasteiger partial charge in [-0.05, 0) is 32.7 Å². The summed E-state index contributed by atoms with van der Waals surface area (Å²) in [5, 5.41) is 4.53. The van der Waals surface area contributed by atoms with Crippen molar-refractivity contribution in [2.75, 3.05) is 18.1 Å². The SMILES string of the molecule is CCCNC(CCCS(=O)(=O)CC)c1cnc(C)s1. The van der Waals surface area contributed by atoms with Crippen LogP contribution in [0.4, 0.5) is 0 Å². The maximum Gasteiger partial charge on any atom is 0.150 e. The Bertz CT molecular complexity index is 469. The normalized spacial score (nSPS) is 13.6. The first-order valence-corrected chi connectivity index (χ1v) is 9.48. The van der Waals surface area contributed by atoms with Gasteiger partial charge < -0.3 is 5.32 Å². The zero-order valence-electron chi connectivity index (χ0n) is 12.0. The number of aromatic nitrogens is 1. The van der Waals surface area contributed by atoms with Gasteiger partial charge in [-0.2, -0.15) is 0 Å². The summed E-state index contributed by atoms with van der Waals surface area (Å²) < 4.78 is 23.0. The Labute approximate surface area is 120 Å². The van der Waals surface area contributed by atoms with E-state index >= 15 is 0 Å². The zero-order valence-corrected chi connectivity index (χ0v) is 13.6. The molecule has 0 aliphatic carbocycles. The van der Waals surface area contributed by atoms with Gasteiger partial charge in [-0.15, -0.1) is 11.3 Å². The highest BCUT2D eigenvalue weighted by Crippen LogP contribution is 2.24. The van der Waals surface area contributed by atoms with Crippen molar-refractivity contribution in [1.29, 1.82) is 0 Å². The second-order valence-electron chi connectivity index (χ2n) is 4.67. The van der Waals surface area contributed by atoms with Crippen LogP contribution in [0.3, 0.4) is 0 Å². The van der Waals surface area contributed by atoms with Crippen LogP contribution in [-0.2, 0) is 9.84 Å². The fraction of sp³-hybridized carbons (Fsp3) is 0.769. The number of nitrogens with zero attached hydrogens (tertiary/aromatic N) is 1. The Morgan fingerprint density at radius 3 is 2.68 bits per heavy atom. The molecule has 0 aromatic carbocycles. The summed E-state index contributed by atoms with van der Waals surface area (Å²) in [5.41, 5.74) is 0. The summed E-state index contributed by atoms with van der Waals surface area (Å²) in [6.45, 7) is 6.77. The molecule has 110 valence electrons. The number of hydrogen-bond donors (Lipinski definition) is 1. The van der Waals surface area contributed by atoms with Crippen LogP contribution in [0.1, 0.15) is 49.0 Å². The summed E-state index contributed by atoms with van der Waals surface area (Å²) in [6.07, 6.45) is 4.53. The van der Waals surface area contributed by atoms with E-state index in [1.807, 2.05) is 13.1 Å². The maximum absolute atomic E-state index is 11.5. The van der Waals surface area contributed by atoms with E-state index in [2.05, 4.69) is 17.2 Å². The molecule has 0 fully saturated rings. The molecular formula is C13H24N2O2S2. The third-order valence-electron chi connectivity index (χ3n) is 3.01. The first kappa shape index (κ1) is 16.6. The van der Waals surface area contributed by atoms with E-state index in [0.29, 0.717) is 6.42 Å². The van der Waals surface area contributed by atoms with Gasteiger partial charge in [0.1, 0.15) is 9.84 Å². The molecule has 4 nitrogen and oxygen atoms in total. The third-order valence-corrected chi connectivity index (χ3v) is 5.83. The van der Waals surface area contributed by atoms with Crippen molar-refractivity contribution in [2.45, 2.75) is 46.1 Å². The van der Waals surface area contributed by atoms with E-state index in [9.17, 15) is 8.42 Å². The molecular weight excluding hydrogens is 280 g/mol. The molecule has 0 amide bonds. The number of nitrogens with one attached hydrogen (secondary N) is 1. The van der Waals surface area contributed by atoms with Crippen LogP contribution >= 0.6 is 11.3 Å². The molecule has 0 bridgehead atoms. The van der Waals surface area contributed by atoms with Gasteiger partial charge in [0.25, 0.3) is 0 Å². The van der Waals surface area contributed by atoms with Gasteiger partial charge in [0.05, 0.1) is 10.8 Å². The fourth-order valence-electron chi connectivity index (χ4n) is 1.85. The summed E-state index contributed by atoms with van der Waals surface area (Å²) in [5.74, 6) is 0.519. The predicted molar refractivity (Wildman–Crippen MR) is 81.4 cm³/mol. The molecule has 6 heteroatoms. The van der Waals surface area contributed by atoms with Gasteiger partial charge in [-0.25, -0.2) is 13.4 Å². The molecule has 1 atom stereocenters. The minimum absolute atomic E-state index is 0.234. The Kier molecular flexibility index (Phi) is 6.96. The Morgan fingerprint density at radius 2 is 2.16 bits per heavy atom. The minimum atomic E-state index is -2.85. The molecule has 0 spiro atoms. The smallest absolute Gasteiger partial charge is 0.150 e. The van der Waals surface area contributed by atoms with E-state index in [4.69, 9.17) is 0 Å². The molecule has 1 aromatic rings. The van der Waals surface area contributed by atoms with Crippen LogP contribution in [0.15, 0.2) is 6.20 Å². The number of thiazole rings is 1. The number of aryl methyl sites for hydroxylation is 1. The molecule has 0 radical (unpaired) electrons. The van der Waals surface area contributed by atoms with Crippen molar-refractivity contribution in [3.05, 3.63) is 16.1 Å². The molecule has 1 N–H and O–H groups in total. The van der Waals surface area contributed by atoms with Crippen LogP contribution in [0, 0.1) is 6.92 Å². The molecule has 0 aliphatic heterocycles. The van der Waals surface area contributed by atoms with Crippen LogP contribution in [-0.4, -0.2) is 31.5 Å². The Balaban J connectivity index is 2.55. The van der Waals surface area contributed by atoms with E-state index in [1.165, 1.54) is 4.88 Å². The van der Waals surface area contributed by atoms with Gasteiger partial charge in [0.2, 0.25) is 0 Å². The van der Waals surface area contributed by atoms with Crippen LogP contribution in [0.5, 0.6) is 0 Å². The molecule has 0 aliphatic rings. The van der Waals surface area contributed by atoms with Crippen molar-refractivity contribution >= 4 is 21.2 Å². The highest BCUT2D eigenvalue weighted by molar-refractivity contribution is 7.91. The third kappa shape index (κ3) is 6.01. The summed E-state index contributed by atoms with van der Waals surface area (Å²) >= 11 is 1.69. The lowest BCUT2D eigenvalue weighted by Crippen LogP contribution is -2.22. The lowest BCUT2D eigenvalue weighted by molar-refractivity contribution is 0.498. The van der Waals surface area contributed by atoms with Crippen molar-refractivity contribution in [3.8, 4) is 0 Å². The second-order valence-corrected chi connectivity index (χ2v) is 8.41. The molecule has 0 saturated carbocycles. The summed E-state index contributed by atoms with van der Waals surface area (Å²) in [6, 6.07) is 0.234. The van der Waals surface area contributed by atoms with Crippen LogP contribution in [0.25, 0.3) is 0 Å². The summed E-state index contributed by atoms with van der Waals surface area (Å²) in [7, 11) is -2.85. The quantitative estimate of drug-likeness (QED) is 0.762. The van der Waals surface area contributed by atoms with Gasteiger partial charge in [-0.3, -0.25) is 0 Å². The monoisotopic (exact) mass is 304 g/mol. The van der Waals surface area contributed by atoms with E-state index in [0.717, 1.165) is 24.4 Å². The van der Waals surface area contributed by atoms with Crippen LogP contribution < -0.4 is 5.32 Å². The van der Waals surface area contributed by atoms with Crippen molar-refractivity contribution in [1.82, 2.24) is 10.3 Å². The molecule has 1 unspecified atom stereocenters. The van der Waals surface area contributed by atoms with E-state index < -0.39 is 9.84 Å².